The molecule has 5 heteroatoms. The molecule has 2 fully saturated rings. The number of carbonyl (C=O) groups is 2. The second-order valence-electron chi connectivity index (χ2n) is 7.07. The molecule has 0 radical (unpaired) electrons. The highest BCUT2D eigenvalue weighted by Crippen LogP contribution is 2.39. The molecule has 0 aromatic heterocycles. The summed E-state index contributed by atoms with van der Waals surface area (Å²) in [4.78, 5) is 24.3. The Morgan fingerprint density at radius 1 is 1.04 bits per heavy atom. The number of fused-ring (bicyclic) bond motifs is 2. The van der Waals surface area contributed by atoms with Gasteiger partial charge in [0.25, 0.3) is 0 Å². The number of nitrogens with two attached hydrogens (primary N) is 1. The number of nitrogens with one attached hydrogen (secondary N) is 1. The average Bonchev–Trinajstić information content (AvgIpc) is 2.54. The van der Waals surface area contributed by atoms with Crippen molar-refractivity contribution < 1.29 is 9.59 Å². The van der Waals surface area contributed by atoms with Crippen molar-refractivity contribution in [3.8, 4) is 0 Å². The van der Waals surface area contributed by atoms with E-state index in [9.17, 15) is 9.59 Å². The van der Waals surface area contributed by atoms with Gasteiger partial charge in [0.15, 0.2) is 5.78 Å². The van der Waals surface area contributed by atoms with Crippen LogP contribution in [0.15, 0.2) is 30.3 Å². The lowest BCUT2D eigenvalue weighted by atomic mass is 9.67. The van der Waals surface area contributed by atoms with Crippen LogP contribution in [0.1, 0.15) is 55.3 Å². The van der Waals surface area contributed by atoms with E-state index in [1.54, 1.807) is 12.1 Å². The molecule has 4 nitrogen and oxygen atoms in total. The van der Waals surface area contributed by atoms with Crippen LogP contribution in [0.5, 0.6) is 0 Å². The molecular weight excluding hydrogens is 324 g/mol. The van der Waals surface area contributed by atoms with Crippen LogP contribution in [-0.4, -0.2) is 23.8 Å². The number of amides is 1. The summed E-state index contributed by atoms with van der Waals surface area (Å²) in [7, 11) is 0. The third kappa shape index (κ3) is 4.58. The molecule has 1 aromatic rings. The van der Waals surface area contributed by atoms with Gasteiger partial charge in [0, 0.05) is 30.5 Å². The molecule has 2 bridgehead atoms. The topological polar surface area (TPSA) is 72.2 Å². The first kappa shape index (κ1) is 18.9. The van der Waals surface area contributed by atoms with Crippen LogP contribution in [-0.2, 0) is 4.79 Å². The molecule has 3 rings (SSSR count). The molecule has 0 spiro atoms. The van der Waals surface area contributed by atoms with E-state index in [0.29, 0.717) is 17.4 Å². The third-order valence-corrected chi connectivity index (χ3v) is 5.38. The lowest BCUT2D eigenvalue weighted by Gasteiger charge is -2.45. The van der Waals surface area contributed by atoms with E-state index >= 15 is 0 Å². The Hall–Kier alpha value is -1.39. The van der Waals surface area contributed by atoms with Gasteiger partial charge in [-0.15, -0.1) is 12.4 Å². The highest BCUT2D eigenvalue weighted by Gasteiger charge is 2.39. The first-order valence-corrected chi connectivity index (χ1v) is 8.76. The van der Waals surface area contributed by atoms with E-state index in [0.717, 1.165) is 25.7 Å². The molecule has 2 aliphatic rings. The lowest BCUT2D eigenvalue weighted by Crippen LogP contribution is -2.53. The predicted molar refractivity (Wildman–Crippen MR) is 97.2 cm³/mol. The number of ketones is 1. The monoisotopic (exact) mass is 350 g/mol. The highest BCUT2D eigenvalue weighted by molar-refractivity contribution is 5.97. The Balaban J connectivity index is 0.00000208. The minimum Gasteiger partial charge on any atom is -0.353 e. The standard InChI is InChI=1S/C19H26N2O2.ClH/c20-16-11-14-7-4-8-15(12-16)19(14)21-18(23)10-9-17(22)13-5-2-1-3-6-13;/h1-3,5-6,14-16,19H,4,7-12,20H2,(H,21,23);1H. The van der Waals surface area contributed by atoms with Crippen LogP contribution >= 0.6 is 12.4 Å². The predicted octanol–water partition coefficient (Wildman–Crippen LogP) is 3.09. The highest BCUT2D eigenvalue weighted by atomic mass is 35.5. The molecule has 1 amide bonds. The van der Waals surface area contributed by atoms with Crippen molar-refractivity contribution in [2.75, 3.05) is 0 Å². The molecule has 0 saturated heterocycles. The third-order valence-electron chi connectivity index (χ3n) is 5.38. The Morgan fingerprint density at radius 2 is 1.67 bits per heavy atom. The largest absolute Gasteiger partial charge is 0.353 e. The molecule has 2 unspecified atom stereocenters. The first-order chi connectivity index (χ1) is 11.1. The smallest absolute Gasteiger partial charge is 0.220 e. The van der Waals surface area contributed by atoms with Crippen molar-refractivity contribution in [3.63, 3.8) is 0 Å². The molecule has 1 aromatic carbocycles. The van der Waals surface area contributed by atoms with Gasteiger partial charge in [0.1, 0.15) is 0 Å². The molecule has 2 saturated carbocycles. The number of benzene rings is 1. The minimum absolute atomic E-state index is 0. The Morgan fingerprint density at radius 3 is 2.29 bits per heavy atom. The van der Waals surface area contributed by atoms with E-state index in [-0.39, 0.29) is 49.0 Å². The van der Waals surface area contributed by atoms with Crippen molar-refractivity contribution in [3.05, 3.63) is 35.9 Å². The normalized spacial score (nSPS) is 28.5. The lowest BCUT2D eigenvalue weighted by molar-refractivity contribution is -0.123. The summed E-state index contributed by atoms with van der Waals surface area (Å²) < 4.78 is 0. The van der Waals surface area contributed by atoms with Crippen LogP contribution in [0.2, 0.25) is 0 Å². The number of rotatable bonds is 5. The zero-order chi connectivity index (χ0) is 16.2. The van der Waals surface area contributed by atoms with E-state index in [2.05, 4.69) is 5.32 Å². The number of Topliss-reactive ketones (excluding diaryl/α,β-unsaturated/α-hetero) is 1. The summed E-state index contributed by atoms with van der Waals surface area (Å²) in [5.41, 5.74) is 6.80. The Bertz CT molecular complexity index is 550. The van der Waals surface area contributed by atoms with Crippen LogP contribution in [0.25, 0.3) is 0 Å². The Labute approximate surface area is 150 Å². The summed E-state index contributed by atoms with van der Waals surface area (Å²) in [6, 6.07) is 9.73. The maximum absolute atomic E-state index is 12.3. The SMILES string of the molecule is Cl.NC1CC2CCCC(C1)C2NC(=O)CCC(=O)c1ccccc1. The molecular formula is C19H27ClN2O2. The number of hydrogen-bond donors (Lipinski definition) is 2. The fourth-order valence-electron chi connectivity index (χ4n) is 4.28. The van der Waals surface area contributed by atoms with Crippen LogP contribution in [0.4, 0.5) is 0 Å². The van der Waals surface area contributed by atoms with Crippen molar-refractivity contribution in [1.82, 2.24) is 5.32 Å². The van der Waals surface area contributed by atoms with E-state index in [4.69, 9.17) is 5.73 Å². The maximum atomic E-state index is 12.3. The van der Waals surface area contributed by atoms with Gasteiger partial charge < -0.3 is 11.1 Å². The summed E-state index contributed by atoms with van der Waals surface area (Å²) in [6.07, 6.45) is 6.17. The zero-order valence-electron chi connectivity index (χ0n) is 13.9. The molecule has 24 heavy (non-hydrogen) atoms. The fourth-order valence-corrected chi connectivity index (χ4v) is 4.28. The van der Waals surface area contributed by atoms with E-state index in [1.165, 1.54) is 6.42 Å². The summed E-state index contributed by atoms with van der Waals surface area (Å²) >= 11 is 0. The van der Waals surface area contributed by atoms with Crippen molar-refractivity contribution >= 4 is 24.1 Å². The van der Waals surface area contributed by atoms with Crippen molar-refractivity contribution in [2.45, 2.75) is 57.0 Å². The number of carbonyl (C=O) groups excluding carboxylic acids is 2. The number of halogens is 1. The average molecular weight is 351 g/mol. The molecule has 0 aliphatic heterocycles. The van der Waals surface area contributed by atoms with Gasteiger partial charge in [0.2, 0.25) is 5.91 Å². The fraction of sp³-hybridized carbons (Fsp3) is 0.579. The van der Waals surface area contributed by atoms with Crippen LogP contribution in [0, 0.1) is 11.8 Å². The van der Waals surface area contributed by atoms with Gasteiger partial charge in [-0.3, -0.25) is 9.59 Å². The first-order valence-electron chi connectivity index (χ1n) is 8.76. The quantitative estimate of drug-likeness (QED) is 0.801. The molecule has 0 heterocycles. The molecule has 2 aliphatic carbocycles. The van der Waals surface area contributed by atoms with Crippen LogP contribution in [0.3, 0.4) is 0 Å². The van der Waals surface area contributed by atoms with Gasteiger partial charge in [-0.05, 0) is 37.5 Å². The van der Waals surface area contributed by atoms with Gasteiger partial charge in [-0.2, -0.15) is 0 Å². The van der Waals surface area contributed by atoms with Gasteiger partial charge in [-0.1, -0.05) is 36.8 Å². The van der Waals surface area contributed by atoms with E-state index in [1.807, 2.05) is 18.2 Å². The zero-order valence-corrected chi connectivity index (χ0v) is 14.8. The number of hydrogen-bond acceptors (Lipinski definition) is 3. The van der Waals surface area contributed by atoms with Crippen molar-refractivity contribution in [2.24, 2.45) is 17.6 Å². The van der Waals surface area contributed by atoms with Crippen molar-refractivity contribution in [1.29, 1.82) is 0 Å². The molecule has 2 atom stereocenters. The summed E-state index contributed by atoms with van der Waals surface area (Å²) in [5.74, 6) is 1.08. The van der Waals surface area contributed by atoms with Crippen LogP contribution < -0.4 is 11.1 Å². The molecule has 3 N–H and O–H groups in total. The minimum atomic E-state index is 0. The second kappa shape index (κ2) is 8.63. The molecule has 132 valence electrons. The van der Waals surface area contributed by atoms with Gasteiger partial charge in [-0.25, -0.2) is 0 Å². The van der Waals surface area contributed by atoms with E-state index < -0.39 is 0 Å². The summed E-state index contributed by atoms with van der Waals surface area (Å²) in [6.45, 7) is 0. The second-order valence-corrected chi connectivity index (χ2v) is 7.07. The Kier molecular flexibility index (Phi) is 6.81. The summed E-state index contributed by atoms with van der Waals surface area (Å²) in [5, 5.41) is 3.20. The van der Waals surface area contributed by atoms with Gasteiger partial charge in [0.05, 0.1) is 0 Å². The maximum Gasteiger partial charge on any atom is 0.220 e. The van der Waals surface area contributed by atoms with Gasteiger partial charge >= 0.3 is 0 Å².